The molecule has 8 heteroatoms. The first-order valence-corrected chi connectivity index (χ1v) is 10.1. The number of hydrogen-bond acceptors (Lipinski definition) is 4. The third kappa shape index (κ3) is 4.36. The minimum atomic E-state index is -0.307. The number of nitrogens with one attached hydrogen (secondary N) is 1. The minimum Gasteiger partial charge on any atom is -0.481 e. The zero-order valence-electron chi connectivity index (χ0n) is 17.0. The van der Waals surface area contributed by atoms with Crippen molar-refractivity contribution in [2.24, 2.45) is 0 Å². The zero-order chi connectivity index (χ0) is 22.0. The number of fused-ring (bicyclic) bond motifs is 1. The lowest BCUT2D eigenvalue weighted by Crippen LogP contribution is -2.31. The molecule has 4 aromatic rings. The lowest BCUT2D eigenvalue weighted by Gasteiger charge is -2.15. The van der Waals surface area contributed by atoms with Crippen molar-refractivity contribution in [3.8, 4) is 11.4 Å². The fraction of sp³-hybridized carbons (Fsp3) is 0.174. The summed E-state index contributed by atoms with van der Waals surface area (Å²) in [5.74, 6) is -0.0957. The molecule has 31 heavy (non-hydrogen) atoms. The molecule has 1 amide bonds. The monoisotopic (exact) mass is 438 g/mol. The number of ether oxygens (including phenoxy) is 1. The maximum Gasteiger partial charge on any atom is 0.258 e. The number of amides is 1. The lowest BCUT2D eigenvalue weighted by molar-refractivity contribution is -0.123. The van der Waals surface area contributed by atoms with Gasteiger partial charge < -0.3 is 10.1 Å². The van der Waals surface area contributed by atoms with Gasteiger partial charge in [-0.1, -0.05) is 11.6 Å². The predicted octanol–water partition coefficient (Wildman–Crippen LogP) is 4.78. The lowest BCUT2D eigenvalue weighted by atomic mass is 10.1. The number of aromatic nitrogens is 3. The van der Waals surface area contributed by atoms with Crippen molar-refractivity contribution < 1.29 is 13.9 Å². The summed E-state index contributed by atoms with van der Waals surface area (Å²) < 4.78 is 20.6. The first kappa shape index (κ1) is 20.8. The van der Waals surface area contributed by atoms with E-state index in [0.29, 0.717) is 16.3 Å². The Kier molecular flexibility index (Phi) is 5.86. The van der Waals surface area contributed by atoms with E-state index in [1.807, 2.05) is 19.9 Å². The second kappa shape index (κ2) is 8.73. The highest BCUT2D eigenvalue weighted by atomic mass is 35.5. The van der Waals surface area contributed by atoms with Crippen LogP contribution >= 0.6 is 11.6 Å². The summed E-state index contributed by atoms with van der Waals surface area (Å²) in [7, 11) is 0. The second-order valence-electron chi connectivity index (χ2n) is 7.10. The molecule has 2 heterocycles. The van der Waals surface area contributed by atoms with Crippen LogP contribution in [0.5, 0.6) is 5.75 Å². The highest BCUT2D eigenvalue weighted by Crippen LogP contribution is 2.29. The van der Waals surface area contributed by atoms with Crippen molar-refractivity contribution >= 4 is 28.4 Å². The molecule has 2 aromatic carbocycles. The Bertz CT molecular complexity index is 1240. The molecule has 158 valence electrons. The van der Waals surface area contributed by atoms with Crippen LogP contribution in [0.2, 0.25) is 5.02 Å². The summed E-state index contributed by atoms with van der Waals surface area (Å²) in [6, 6.07) is 12.8. The van der Waals surface area contributed by atoms with Crippen molar-refractivity contribution in [3.05, 3.63) is 83.0 Å². The van der Waals surface area contributed by atoms with Gasteiger partial charge in [0, 0.05) is 22.8 Å². The summed E-state index contributed by atoms with van der Waals surface area (Å²) in [6.07, 6.45) is 3.34. The van der Waals surface area contributed by atoms with E-state index in [-0.39, 0.29) is 24.4 Å². The molecular formula is C23H20ClFN4O2. The van der Waals surface area contributed by atoms with Crippen LogP contribution in [-0.2, 0) is 4.79 Å². The number of benzene rings is 2. The maximum atomic E-state index is 13.2. The van der Waals surface area contributed by atoms with Gasteiger partial charge in [0.1, 0.15) is 17.1 Å². The molecule has 6 nitrogen and oxygen atoms in total. The van der Waals surface area contributed by atoms with Gasteiger partial charge in [0.15, 0.2) is 6.61 Å². The van der Waals surface area contributed by atoms with Gasteiger partial charge in [-0.3, -0.25) is 9.78 Å². The fourth-order valence-electron chi connectivity index (χ4n) is 3.42. The van der Waals surface area contributed by atoms with Crippen LogP contribution in [0.1, 0.15) is 24.2 Å². The van der Waals surface area contributed by atoms with Crippen LogP contribution in [-0.4, -0.2) is 27.3 Å². The Morgan fingerprint density at radius 3 is 2.77 bits per heavy atom. The molecule has 1 unspecified atom stereocenters. The molecule has 4 rings (SSSR count). The quantitative estimate of drug-likeness (QED) is 0.470. The zero-order valence-corrected chi connectivity index (χ0v) is 17.7. The molecule has 0 bridgehead atoms. The standard InChI is InChI=1S/C23H20ClFN4O2/c1-14(19-12-27-29(15(19)2)17-7-5-16(25)6-8-17)28-22(30)13-31-21-10-9-20(24)18-4-3-11-26-23(18)21/h3-12,14H,13H2,1-2H3,(H,28,30). The molecule has 1 atom stereocenters. The maximum absolute atomic E-state index is 13.2. The minimum absolute atomic E-state index is 0.164. The Hall–Kier alpha value is -3.45. The van der Waals surface area contributed by atoms with Crippen LogP contribution < -0.4 is 10.1 Å². The largest absolute Gasteiger partial charge is 0.481 e. The molecule has 0 spiro atoms. The first-order valence-electron chi connectivity index (χ1n) is 9.70. The van der Waals surface area contributed by atoms with E-state index in [0.717, 1.165) is 22.3 Å². The topological polar surface area (TPSA) is 69.0 Å². The van der Waals surface area contributed by atoms with Gasteiger partial charge in [-0.15, -0.1) is 0 Å². The van der Waals surface area contributed by atoms with E-state index in [1.54, 1.807) is 47.4 Å². The van der Waals surface area contributed by atoms with Gasteiger partial charge in [-0.05, 0) is 62.4 Å². The van der Waals surface area contributed by atoms with E-state index in [1.165, 1.54) is 12.1 Å². The van der Waals surface area contributed by atoms with Crippen molar-refractivity contribution in [1.29, 1.82) is 0 Å². The molecule has 0 saturated heterocycles. The molecule has 0 aliphatic rings. The number of rotatable bonds is 6. The second-order valence-corrected chi connectivity index (χ2v) is 7.50. The molecular weight excluding hydrogens is 419 g/mol. The normalized spacial score (nSPS) is 12.0. The van der Waals surface area contributed by atoms with Crippen molar-refractivity contribution in [1.82, 2.24) is 20.1 Å². The van der Waals surface area contributed by atoms with Crippen LogP contribution in [0.4, 0.5) is 4.39 Å². The SMILES string of the molecule is Cc1c(C(C)NC(=O)COc2ccc(Cl)c3cccnc23)cnn1-c1ccc(F)cc1. The number of hydrogen-bond donors (Lipinski definition) is 1. The van der Waals surface area contributed by atoms with E-state index in [2.05, 4.69) is 15.4 Å². The predicted molar refractivity (Wildman–Crippen MR) is 117 cm³/mol. The van der Waals surface area contributed by atoms with Gasteiger partial charge >= 0.3 is 0 Å². The highest BCUT2D eigenvalue weighted by Gasteiger charge is 2.17. The molecule has 0 aliphatic heterocycles. The van der Waals surface area contributed by atoms with Crippen molar-refractivity contribution in [3.63, 3.8) is 0 Å². The molecule has 2 aromatic heterocycles. The van der Waals surface area contributed by atoms with E-state index < -0.39 is 0 Å². The first-order chi connectivity index (χ1) is 14.9. The van der Waals surface area contributed by atoms with Gasteiger partial charge in [0.2, 0.25) is 0 Å². The van der Waals surface area contributed by atoms with E-state index in [4.69, 9.17) is 16.3 Å². The summed E-state index contributed by atoms with van der Waals surface area (Å²) in [4.78, 5) is 16.8. The third-order valence-electron chi connectivity index (χ3n) is 5.00. The van der Waals surface area contributed by atoms with Gasteiger partial charge in [0.25, 0.3) is 5.91 Å². The number of halogens is 2. The number of carbonyl (C=O) groups excluding carboxylic acids is 1. The highest BCUT2D eigenvalue weighted by molar-refractivity contribution is 6.35. The van der Waals surface area contributed by atoms with Gasteiger partial charge in [-0.25, -0.2) is 9.07 Å². The molecule has 0 fully saturated rings. The number of carbonyl (C=O) groups is 1. The summed E-state index contributed by atoms with van der Waals surface area (Å²) in [5, 5.41) is 8.62. The Morgan fingerprint density at radius 2 is 2.00 bits per heavy atom. The average Bonchev–Trinajstić information content (AvgIpc) is 3.15. The fourth-order valence-corrected chi connectivity index (χ4v) is 3.64. The summed E-state index contributed by atoms with van der Waals surface area (Å²) >= 11 is 6.20. The van der Waals surface area contributed by atoms with Gasteiger partial charge in [-0.2, -0.15) is 5.10 Å². The number of nitrogens with zero attached hydrogens (tertiary/aromatic N) is 3. The van der Waals surface area contributed by atoms with Crippen molar-refractivity contribution in [2.75, 3.05) is 6.61 Å². The Morgan fingerprint density at radius 1 is 1.23 bits per heavy atom. The molecule has 1 N–H and O–H groups in total. The molecule has 0 saturated carbocycles. The Balaban J connectivity index is 1.43. The Labute approximate surface area is 183 Å². The van der Waals surface area contributed by atoms with Crippen LogP contribution in [0.25, 0.3) is 16.6 Å². The van der Waals surface area contributed by atoms with Crippen LogP contribution in [0.15, 0.2) is 60.9 Å². The number of pyridine rings is 1. The summed E-state index contributed by atoms with van der Waals surface area (Å²) in [5.41, 5.74) is 3.06. The molecule has 0 radical (unpaired) electrons. The summed E-state index contributed by atoms with van der Waals surface area (Å²) in [6.45, 7) is 3.61. The average molecular weight is 439 g/mol. The molecule has 0 aliphatic carbocycles. The smallest absolute Gasteiger partial charge is 0.258 e. The van der Waals surface area contributed by atoms with E-state index >= 15 is 0 Å². The van der Waals surface area contributed by atoms with Crippen LogP contribution in [0.3, 0.4) is 0 Å². The van der Waals surface area contributed by atoms with Crippen molar-refractivity contribution in [2.45, 2.75) is 19.9 Å². The van der Waals surface area contributed by atoms with Crippen LogP contribution in [0, 0.1) is 12.7 Å². The van der Waals surface area contributed by atoms with Gasteiger partial charge in [0.05, 0.1) is 22.9 Å². The van der Waals surface area contributed by atoms with E-state index in [9.17, 15) is 9.18 Å². The third-order valence-corrected chi connectivity index (χ3v) is 5.33.